The SMILES string of the molecule is C[C@H](Cc1cccc(CC(=O)NCCc2cccc(O)c2)c1)NC[C@H](O)c1ccc(N)nc1.C[C@H](Cc1cccc(CC(=O)NCc2cccc(O)c2)c1)NC[C@H](O)c1ccc(N)nc1. The van der Waals surface area contributed by atoms with Gasteiger partial charge in [0, 0.05) is 61.8 Å². The van der Waals surface area contributed by atoms with Crippen molar-refractivity contribution in [3.8, 4) is 11.5 Å². The Balaban J connectivity index is 0.000000244. The van der Waals surface area contributed by atoms with E-state index in [1.165, 1.54) is 0 Å². The maximum absolute atomic E-state index is 12.3. The van der Waals surface area contributed by atoms with Gasteiger partial charge in [-0.25, -0.2) is 9.97 Å². The second-order valence-electron chi connectivity index (χ2n) is 16.3. The van der Waals surface area contributed by atoms with Gasteiger partial charge in [0.15, 0.2) is 0 Å². The molecule has 0 aliphatic heterocycles. The number of aromatic hydroxyl groups is 2. The number of anilines is 2. The summed E-state index contributed by atoms with van der Waals surface area (Å²) in [4.78, 5) is 32.7. The van der Waals surface area contributed by atoms with E-state index in [0.717, 1.165) is 57.3 Å². The Hall–Kier alpha value is -6.84. The van der Waals surface area contributed by atoms with Crippen LogP contribution in [0.1, 0.15) is 70.6 Å². The zero-order valence-electron chi connectivity index (χ0n) is 37.0. The summed E-state index contributed by atoms with van der Waals surface area (Å²) in [6.07, 6.45) is 4.68. The minimum atomic E-state index is -0.660. The van der Waals surface area contributed by atoms with Crippen LogP contribution in [0, 0.1) is 0 Å². The molecule has 6 aromatic rings. The van der Waals surface area contributed by atoms with Crippen LogP contribution >= 0.6 is 0 Å². The van der Waals surface area contributed by atoms with E-state index in [4.69, 9.17) is 11.5 Å². The molecule has 0 saturated heterocycles. The smallest absolute Gasteiger partial charge is 0.224 e. The molecular formula is C51H62N8O6. The second kappa shape index (κ2) is 25.5. The molecule has 0 saturated carbocycles. The first kappa shape index (κ1) is 49.2. The minimum Gasteiger partial charge on any atom is -0.508 e. The van der Waals surface area contributed by atoms with Crippen molar-refractivity contribution in [2.24, 2.45) is 0 Å². The van der Waals surface area contributed by atoms with E-state index in [9.17, 15) is 30.0 Å². The molecule has 2 amide bonds. The molecule has 0 aliphatic carbocycles. The van der Waals surface area contributed by atoms with Crippen LogP contribution in [0.25, 0.3) is 0 Å². The Bertz CT molecular complexity index is 2400. The zero-order valence-corrected chi connectivity index (χ0v) is 37.0. The van der Waals surface area contributed by atoms with Crippen LogP contribution in [0.3, 0.4) is 0 Å². The Morgan fingerprint density at radius 1 is 0.554 bits per heavy atom. The van der Waals surface area contributed by atoms with Crippen LogP contribution in [0.5, 0.6) is 11.5 Å². The third-order valence-electron chi connectivity index (χ3n) is 10.5. The highest BCUT2D eigenvalue weighted by atomic mass is 16.3. The monoisotopic (exact) mass is 882 g/mol. The van der Waals surface area contributed by atoms with Crippen molar-refractivity contribution < 1.29 is 30.0 Å². The van der Waals surface area contributed by atoms with E-state index in [1.807, 2.05) is 60.7 Å². The van der Waals surface area contributed by atoms with Crippen molar-refractivity contribution in [1.82, 2.24) is 31.2 Å². The number of phenolic OH excluding ortho intramolecular Hbond substituents is 2. The Morgan fingerprint density at radius 2 is 0.985 bits per heavy atom. The predicted molar refractivity (Wildman–Crippen MR) is 255 cm³/mol. The topological polar surface area (TPSA) is 241 Å². The molecule has 65 heavy (non-hydrogen) atoms. The number of aliphatic hydroxyl groups is 2. The molecule has 342 valence electrons. The van der Waals surface area contributed by atoms with Gasteiger partial charge in [0.05, 0.1) is 25.0 Å². The van der Waals surface area contributed by atoms with E-state index in [-0.39, 0.29) is 41.8 Å². The van der Waals surface area contributed by atoms with Crippen LogP contribution in [-0.4, -0.2) is 73.9 Å². The summed E-state index contributed by atoms with van der Waals surface area (Å²) in [5.74, 6) is 1.17. The predicted octanol–water partition coefficient (Wildman–Crippen LogP) is 5.01. The molecule has 0 bridgehead atoms. The molecule has 0 unspecified atom stereocenters. The molecule has 2 aromatic heterocycles. The van der Waals surface area contributed by atoms with E-state index in [2.05, 4.69) is 45.1 Å². The molecule has 4 atom stereocenters. The van der Waals surface area contributed by atoms with Crippen LogP contribution in [-0.2, 0) is 48.2 Å². The standard InChI is InChI=1S/C26H32N4O3.C25H30N4O3/c1-18(29-17-24(32)22-8-9-25(27)30-16-22)12-20-5-2-6-21(13-20)15-26(33)28-11-10-19-4-3-7-23(31)14-19;1-17(27-16-23(31)21-8-9-24(26)28-15-21)10-18-4-2-5-19(11-18)13-25(32)29-14-20-6-3-7-22(30)12-20/h2-9,13-14,16,18,24,29,31-32H,10-12,15,17H2,1H3,(H2,27,30)(H,28,33);2-9,11-12,15,17,23,27,30-31H,10,13-14,16H2,1H3,(H2,26,28)(H,29,32)/t18-,24+;17-,23+/m11/s1. The molecule has 14 heteroatoms. The van der Waals surface area contributed by atoms with Crippen molar-refractivity contribution >= 4 is 23.5 Å². The summed E-state index contributed by atoms with van der Waals surface area (Å²) in [7, 11) is 0. The molecule has 0 aliphatic rings. The minimum absolute atomic E-state index is 0.0290. The van der Waals surface area contributed by atoms with Crippen molar-refractivity contribution in [1.29, 1.82) is 0 Å². The molecule has 0 spiro atoms. The van der Waals surface area contributed by atoms with Gasteiger partial charge in [-0.2, -0.15) is 0 Å². The number of nitrogens with one attached hydrogen (secondary N) is 4. The Labute approximate surface area is 381 Å². The van der Waals surface area contributed by atoms with Crippen LogP contribution in [0.15, 0.2) is 134 Å². The summed E-state index contributed by atoms with van der Waals surface area (Å²) >= 11 is 0. The molecular weight excluding hydrogens is 821 g/mol. The molecule has 2 heterocycles. The maximum atomic E-state index is 12.3. The van der Waals surface area contributed by atoms with Crippen LogP contribution in [0.2, 0.25) is 0 Å². The van der Waals surface area contributed by atoms with E-state index in [0.29, 0.717) is 50.7 Å². The van der Waals surface area contributed by atoms with Crippen LogP contribution < -0.4 is 32.7 Å². The first-order valence-electron chi connectivity index (χ1n) is 21.8. The summed E-state index contributed by atoms with van der Waals surface area (Å²) in [5, 5.41) is 52.2. The number of phenols is 2. The van der Waals surface area contributed by atoms with Gasteiger partial charge in [-0.05, 0) is 103 Å². The summed E-state index contributed by atoms with van der Waals surface area (Å²) in [6, 6.07) is 37.1. The number of aliphatic hydroxyl groups excluding tert-OH is 2. The van der Waals surface area contributed by atoms with Gasteiger partial charge >= 0.3 is 0 Å². The molecule has 0 fully saturated rings. The lowest BCUT2D eigenvalue weighted by Gasteiger charge is -2.18. The first-order chi connectivity index (χ1) is 31.3. The normalized spacial score (nSPS) is 12.8. The number of amides is 2. The van der Waals surface area contributed by atoms with E-state index >= 15 is 0 Å². The lowest BCUT2D eigenvalue weighted by Crippen LogP contribution is -2.32. The molecule has 12 N–H and O–H groups in total. The Morgan fingerprint density at radius 3 is 1.46 bits per heavy atom. The number of benzene rings is 4. The first-order valence-corrected chi connectivity index (χ1v) is 21.8. The van der Waals surface area contributed by atoms with E-state index < -0.39 is 12.2 Å². The van der Waals surface area contributed by atoms with Gasteiger partial charge in [-0.1, -0.05) is 84.9 Å². The van der Waals surface area contributed by atoms with Crippen molar-refractivity contribution in [3.63, 3.8) is 0 Å². The third kappa shape index (κ3) is 18.0. The number of carbonyl (C=O) groups excluding carboxylic acids is 2. The van der Waals surface area contributed by atoms with Gasteiger partial charge in [0.1, 0.15) is 23.1 Å². The molecule has 6 rings (SSSR count). The maximum Gasteiger partial charge on any atom is 0.224 e. The van der Waals surface area contributed by atoms with Crippen molar-refractivity contribution in [3.05, 3.63) is 178 Å². The average Bonchev–Trinajstić information content (AvgIpc) is 3.28. The number of pyridine rings is 2. The summed E-state index contributed by atoms with van der Waals surface area (Å²) in [5.41, 5.74) is 18.6. The largest absolute Gasteiger partial charge is 0.508 e. The number of nitrogens with zero attached hydrogens (tertiary/aromatic N) is 2. The number of carbonyl (C=O) groups is 2. The lowest BCUT2D eigenvalue weighted by molar-refractivity contribution is -0.121. The highest BCUT2D eigenvalue weighted by molar-refractivity contribution is 5.79. The fraction of sp³-hybridized carbons (Fsp3) is 0.294. The number of aromatic nitrogens is 2. The Kier molecular flexibility index (Phi) is 19.3. The lowest BCUT2D eigenvalue weighted by atomic mass is 10.0. The van der Waals surface area contributed by atoms with Gasteiger partial charge < -0.3 is 53.2 Å². The van der Waals surface area contributed by atoms with Gasteiger partial charge in [0.2, 0.25) is 11.8 Å². The van der Waals surface area contributed by atoms with Crippen LogP contribution in [0.4, 0.5) is 11.6 Å². The van der Waals surface area contributed by atoms with Crippen molar-refractivity contribution in [2.45, 2.75) is 76.8 Å². The molecule has 0 radical (unpaired) electrons. The van der Waals surface area contributed by atoms with E-state index in [1.54, 1.807) is 73.1 Å². The van der Waals surface area contributed by atoms with Gasteiger partial charge in [-0.3, -0.25) is 9.59 Å². The fourth-order valence-electron chi connectivity index (χ4n) is 7.09. The zero-order chi connectivity index (χ0) is 46.6. The second-order valence-corrected chi connectivity index (χ2v) is 16.3. The number of hydrogen-bond donors (Lipinski definition) is 10. The quantitative estimate of drug-likeness (QED) is 0.0459. The van der Waals surface area contributed by atoms with Gasteiger partial charge in [0.25, 0.3) is 0 Å². The third-order valence-corrected chi connectivity index (χ3v) is 10.5. The molecule has 4 aromatic carbocycles. The average molecular weight is 883 g/mol. The number of rotatable bonds is 21. The number of nitrogen functional groups attached to an aromatic ring is 2. The molecule has 14 nitrogen and oxygen atoms in total. The number of hydrogen-bond acceptors (Lipinski definition) is 12. The summed E-state index contributed by atoms with van der Waals surface area (Å²) < 4.78 is 0. The van der Waals surface area contributed by atoms with Gasteiger partial charge in [-0.15, -0.1) is 0 Å². The highest BCUT2D eigenvalue weighted by Gasteiger charge is 2.13. The number of nitrogens with two attached hydrogens (primary N) is 2. The van der Waals surface area contributed by atoms with Crippen molar-refractivity contribution in [2.75, 3.05) is 31.1 Å². The summed E-state index contributed by atoms with van der Waals surface area (Å²) in [6.45, 7) is 5.84. The fourth-order valence-corrected chi connectivity index (χ4v) is 7.09. The highest BCUT2D eigenvalue weighted by Crippen LogP contribution is 2.16.